The van der Waals surface area contributed by atoms with Crippen molar-refractivity contribution in [2.45, 2.75) is 20.0 Å². The van der Waals surface area contributed by atoms with E-state index < -0.39 is 16.9 Å². The maximum Gasteiger partial charge on any atom is 0.270 e. The highest BCUT2D eigenvalue weighted by Gasteiger charge is 2.19. The molecule has 1 atom stereocenters. The van der Waals surface area contributed by atoms with Gasteiger partial charge in [-0.05, 0) is 32.0 Å². The maximum atomic E-state index is 12.4. The molecule has 0 bridgehead atoms. The number of nitro groups is 1. The van der Waals surface area contributed by atoms with Crippen LogP contribution in [0.1, 0.15) is 24.2 Å². The normalized spacial score (nSPS) is 11.3. The van der Waals surface area contributed by atoms with Crippen LogP contribution in [0.4, 0.5) is 11.4 Å². The number of nitro benzene ring substituents is 1. The molecule has 0 saturated heterocycles. The molecule has 0 unspecified atom stereocenters. The van der Waals surface area contributed by atoms with Crippen molar-refractivity contribution in [2.24, 2.45) is 0 Å². The Labute approximate surface area is 149 Å². The van der Waals surface area contributed by atoms with Gasteiger partial charge >= 0.3 is 0 Å². The zero-order chi connectivity index (χ0) is 19.1. The molecule has 0 aromatic heterocycles. The Balaban J connectivity index is 2.12. The van der Waals surface area contributed by atoms with Crippen LogP contribution in [-0.4, -0.2) is 29.8 Å². The van der Waals surface area contributed by atoms with Crippen molar-refractivity contribution in [3.05, 3.63) is 58.1 Å². The van der Waals surface area contributed by atoms with E-state index in [4.69, 9.17) is 9.47 Å². The van der Waals surface area contributed by atoms with Gasteiger partial charge in [-0.2, -0.15) is 0 Å². The number of amides is 1. The second-order valence-electron chi connectivity index (χ2n) is 5.28. The zero-order valence-corrected chi connectivity index (χ0v) is 14.3. The van der Waals surface area contributed by atoms with Crippen LogP contribution in [0.5, 0.6) is 11.5 Å². The van der Waals surface area contributed by atoms with Crippen LogP contribution in [0.25, 0.3) is 0 Å². The fraction of sp³-hybridized carbons (Fsp3) is 0.222. The number of rotatable bonds is 8. The second kappa shape index (κ2) is 8.61. The predicted octanol–water partition coefficient (Wildman–Crippen LogP) is 3.21. The minimum absolute atomic E-state index is 0.00596. The number of hydrogen-bond acceptors (Lipinski definition) is 6. The summed E-state index contributed by atoms with van der Waals surface area (Å²) in [7, 11) is 0. The van der Waals surface area contributed by atoms with Gasteiger partial charge in [0.1, 0.15) is 11.5 Å². The van der Waals surface area contributed by atoms with Gasteiger partial charge in [0, 0.05) is 12.1 Å². The quantitative estimate of drug-likeness (QED) is 0.441. The van der Waals surface area contributed by atoms with E-state index in [0.29, 0.717) is 24.3 Å². The van der Waals surface area contributed by atoms with Crippen LogP contribution < -0.4 is 14.8 Å². The number of anilines is 1. The topological polar surface area (TPSA) is 108 Å². The molecule has 26 heavy (non-hydrogen) atoms. The van der Waals surface area contributed by atoms with Gasteiger partial charge in [0.25, 0.3) is 11.6 Å². The SMILES string of the molecule is CCOc1ccccc1NC(=O)[C@@H](C)Oc1ccc([N+](=O)[O-])cc1C=O. The Morgan fingerprint density at radius 1 is 1.27 bits per heavy atom. The molecule has 0 spiro atoms. The Hall–Kier alpha value is -3.42. The van der Waals surface area contributed by atoms with Crippen LogP contribution >= 0.6 is 0 Å². The van der Waals surface area contributed by atoms with Crippen molar-refractivity contribution in [1.29, 1.82) is 0 Å². The first-order chi connectivity index (χ1) is 12.5. The van der Waals surface area contributed by atoms with Gasteiger partial charge in [-0.1, -0.05) is 12.1 Å². The molecule has 8 nitrogen and oxygen atoms in total. The summed E-state index contributed by atoms with van der Waals surface area (Å²) >= 11 is 0. The van der Waals surface area contributed by atoms with Crippen LogP contribution in [0, 0.1) is 10.1 Å². The smallest absolute Gasteiger partial charge is 0.270 e. The van der Waals surface area contributed by atoms with Gasteiger partial charge in [0.2, 0.25) is 0 Å². The molecule has 0 fully saturated rings. The highest BCUT2D eigenvalue weighted by molar-refractivity contribution is 5.95. The largest absolute Gasteiger partial charge is 0.492 e. The van der Waals surface area contributed by atoms with Crippen molar-refractivity contribution in [3.63, 3.8) is 0 Å². The molecule has 0 radical (unpaired) electrons. The van der Waals surface area contributed by atoms with Gasteiger partial charge in [-0.3, -0.25) is 19.7 Å². The first kappa shape index (κ1) is 18.9. The summed E-state index contributed by atoms with van der Waals surface area (Å²) in [5.41, 5.74) is 0.255. The summed E-state index contributed by atoms with van der Waals surface area (Å²) in [6, 6.07) is 10.6. The van der Waals surface area contributed by atoms with Crippen molar-refractivity contribution < 1.29 is 24.0 Å². The van der Waals surface area contributed by atoms with Gasteiger partial charge in [0.15, 0.2) is 12.4 Å². The molecule has 1 N–H and O–H groups in total. The molecule has 0 saturated carbocycles. The van der Waals surface area contributed by atoms with E-state index in [0.717, 1.165) is 6.07 Å². The summed E-state index contributed by atoms with van der Waals surface area (Å²) < 4.78 is 10.9. The van der Waals surface area contributed by atoms with E-state index in [1.807, 2.05) is 6.92 Å². The molecule has 0 aliphatic rings. The van der Waals surface area contributed by atoms with Crippen molar-refractivity contribution in [3.8, 4) is 11.5 Å². The summed E-state index contributed by atoms with van der Waals surface area (Å²) in [5, 5.41) is 13.5. The number of carbonyl (C=O) groups is 2. The van der Waals surface area contributed by atoms with E-state index in [2.05, 4.69) is 5.32 Å². The number of ether oxygens (including phenoxy) is 2. The minimum Gasteiger partial charge on any atom is -0.492 e. The molecule has 0 aliphatic heterocycles. The average Bonchev–Trinajstić information content (AvgIpc) is 2.63. The molecule has 8 heteroatoms. The lowest BCUT2D eigenvalue weighted by Crippen LogP contribution is -2.30. The molecule has 2 aromatic rings. The molecular formula is C18H18N2O6. The monoisotopic (exact) mass is 358 g/mol. The maximum absolute atomic E-state index is 12.4. The number of nitrogens with zero attached hydrogens (tertiary/aromatic N) is 1. The lowest BCUT2D eigenvalue weighted by Gasteiger charge is -2.17. The molecule has 0 heterocycles. The van der Waals surface area contributed by atoms with Crippen LogP contribution in [0.2, 0.25) is 0 Å². The minimum atomic E-state index is -0.940. The summed E-state index contributed by atoms with van der Waals surface area (Å²) in [6.45, 7) is 3.79. The Morgan fingerprint density at radius 3 is 2.65 bits per heavy atom. The summed E-state index contributed by atoms with van der Waals surface area (Å²) in [5.74, 6) is 0.165. The van der Waals surface area contributed by atoms with Crippen molar-refractivity contribution in [1.82, 2.24) is 0 Å². The Kier molecular flexibility index (Phi) is 6.26. The fourth-order valence-electron chi connectivity index (χ4n) is 2.18. The molecule has 136 valence electrons. The highest BCUT2D eigenvalue weighted by Crippen LogP contribution is 2.26. The lowest BCUT2D eigenvalue weighted by molar-refractivity contribution is -0.384. The second-order valence-corrected chi connectivity index (χ2v) is 5.28. The van der Waals surface area contributed by atoms with E-state index in [9.17, 15) is 19.7 Å². The van der Waals surface area contributed by atoms with Gasteiger partial charge in [0.05, 0.1) is 22.8 Å². The number of non-ortho nitro benzene ring substituents is 1. The number of carbonyl (C=O) groups excluding carboxylic acids is 2. The molecule has 0 aliphatic carbocycles. The summed E-state index contributed by atoms with van der Waals surface area (Å²) in [4.78, 5) is 33.7. The molecule has 2 aromatic carbocycles. The molecular weight excluding hydrogens is 340 g/mol. The predicted molar refractivity (Wildman–Crippen MR) is 94.8 cm³/mol. The third-order valence-corrected chi connectivity index (χ3v) is 3.45. The van der Waals surface area contributed by atoms with Gasteiger partial charge < -0.3 is 14.8 Å². The number of para-hydroxylation sites is 2. The first-order valence-corrected chi connectivity index (χ1v) is 7.89. The van der Waals surface area contributed by atoms with Crippen molar-refractivity contribution in [2.75, 3.05) is 11.9 Å². The zero-order valence-electron chi connectivity index (χ0n) is 14.3. The lowest BCUT2D eigenvalue weighted by atomic mass is 10.2. The molecule has 2 rings (SSSR count). The van der Waals surface area contributed by atoms with Crippen molar-refractivity contribution >= 4 is 23.6 Å². The Morgan fingerprint density at radius 2 is 2.00 bits per heavy atom. The molecule has 1 amide bonds. The average molecular weight is 358 g/mol. The van der Waals surface area contributed by atoms with Crippen LogP contribution in [0.15, 0.2) is 42.5 Å². The van der Waals surface area contributed by atoms with E-state index >= 15 is 0 Å². The van der Waals surface area contributed by atoms with E-state index in [1.165, 1.54) is 19.1 Å². The summed E-state index contributed by atoms with van der Waals surface area (Å²) in [6.07, 6.45) is -0.498. The highest BCUT2D eigenvalue weighted by atomic mass is 16.6. The number of aldehydes is 1. The first-order valence-electron chi connectivity index (χ1n) is 7.89. The standard InChI is InChI=1S/C18H18N2O6/c1-3-25-17-7-5-4-6-15(17)19-18(22)12(2)26-16-9-8-14(20(23)24)10-13(16)11-21/h4-12H,3H2,1-2H3,(H,19,22)/t12-/m1/s1. The number of hydrogen-bond donors (Lipinski definition) is 1. The van der Waals surface area contributed by atoms with Gasteiger partial charge in [-0.25, -0.2) is 0 Å². The third-order valence-electron chi connectivity index (χ3n) is 3.45. The number of nitrogens with one attached hydrogen (secondary N) is 1. The third kappa shape index (κ3) is 4.56. The fourth-order valence-corrected chi connectivity index (χ4v) is 2.18. The van der Waals surface area contributed by atoms with Gasteiger partial charge in [-0.15, -0.1) is 0 Å². The van der Waals surface area contributed by atoms with Crippen LogP contribution in [-0.2, 0) is 4.79 Å². The van der Waals surface area contributed by atoms with E-state index in [-0.39, 0.29) is 17.0 Å². The van der Waals surface area contributed by atoms with E-state index in [1.54, 1.807) is 24.3 Å². The number of benzene rings is 2. The Bertz CT molecular complexity index is 821. The van der Waals surface area contributed by atoms with Crippen LogP contribution in [0.3, 0.4) is 0 Å².